The Hall–Kier alpha value is -1.05. The highest BCUT2D eigenvalue weighted by atomic mass is 16.1. The van der Waals surface area contributed by atoms with Gasteiger partial charge in [0.1, 0.15) is 0 Å². The fourth-order valence-corrected chi connectivity index (χ4v) is 2.35. The molecule has 1 aliphatic rings. The standard InChI is InChI=1S/C11H15NO/c1-9-4-2-6-11(9)12-7-3-5-10(12)8-13/h3,5,7-9,11H,2,4,6H2,1H3. The van der Waals surface area contributed by atoms with Gasteiger partial charge in [-0.15, -0.1) is 0 Å². The molecule has 2 unspecified atom stereocenters. The second kappa shape index (κ2) is 3.36. The van der Waals surface area contributed by atoms with E-state index in [9.17, 15) is 4.79 Å². The molecule has 1 fully saturated rings. The molecule has 0 saturated heterocycles. The second-order valence-electron chi connectivity index (χ2n) is 3.93. The molecule has 1 aromatic heterocycles. The third kappa shape index (κ3) is 1.41. The Balaban J connectivity index is 2.28. The van der Waals surface area contributed by atoms with Crippen molar-refractivity contribution < 1.29 is 4.79 Å². The van der Waals surface area contributed by atoms with E-state index in [-0.39, 0.29) is 0 Å². The first-order chi connectivity index (χ1) is 6.33. The van der Waals surface area contributed by atoms with Crippen LogP contribution in [0.3, 0.4) is 0 Å². The zero-order chi connectivity index (χ0) is 9.26. The van der Waals surface area contributed by atoms with Crippen LogP contribution in [0.1, 0.15) is 42.7 Å². The lowest BCUT2D eigenvalue weighted by Crippen LogP contribution is -2.12. The van der Waals surface area contributed by atoms with Crippen molar-refractivity contribution in [3.05, 3.63) is 24.0 Å². The molecule has 0 radical (unpaired) electrons. The summed E-state index contributed by atoms with van der Waals surface area (Å²) in [7, 11) is 0. The van der Waals surface area contributed by atoms with Crippen LogP contribution in [0.25, 0.3) is 0 Å². The number of hydrogen-bond donors (Lipinski definition) is 0. The zero-order valence-corrected chi connectivity index (χ0v) is 7.94. The average molecular weight is 177 g/mol. The molecule has 70 valence electrons. The van der Waals surface area contributed by atoms with Crippen molar-refractivity contribution in [1.82, 2.24) is 4.57 Å². The molecule has 2 rings (SSSR count). The van der Waals surface area contributed by atoms with Gasteiger partial charge in [-0.05, 0) is 30.9 Å². The Morgan fingerprint density at radius 1 is 1.54 bits per heavy atom. The van der Waals surface area contributed by atoms with Gasteiger partial charge in [-0.2, -0.15) is 0 Å². The quantitative estimate of drug-likeness (QED) is 0.636. The first-order valence-corrected chi connectivity index (χ1v) is 4.95. The van der Waals surface area contributed by atoms with Gasteiger partial charge >= 0.3 is 0 Å². The van der Waals surface area contributed by atoms with Crippen molar-refractivity contribution in [2.75, 3.05) is 0 Å². The van der Waals surface area contributed by atoms with Crippen molar-refractivity contribution >= 4 is 6.29 Å². The van der Waals surface area contributed by atoms with E-state index in [0.29, 0.717) is 12.0 Å². The molecule has 1 heterocycles. The van der Waals surface area contributed by atoms with Crippen molar-refractivity contribution in [1.29, 1.82) is 0 Å². The molecule has 0 N–H and O–H groups in total. The first kappa shape index (κ1) is 8.54. The molecule has 0 bridgehead atoms. The highest BCUT2D eigenvalue weighted by Gasteiger charge is 2.25. The smallest absolute Gasteiger partial charge is 0.166 e. The number of hydrogen-bond acceptors (Lipinski definition) is 1. The second-order valence-corrected chi connectivity index (χ2v) is 3.93. The SMILES string of the molecule is CC1CCCC1n1cccc1C=O. The predicted molar refractivity (Wildman–Crippen MR) is 51.9 cm³/mol. The van der Waals surface area contributed by atoms with Crippen LogP contribution >= 0.6 is 0 Å². The molecule has 0 aromatic carbocycles. The molecule has 2 nitrogen and oxygen atoms in total. The molecule has 1 saturated carbocycles. The largest absolute Gasteiger partial charge is 0.342 e. The maximum atomic E-state index is 10.7. The van der Waals surface area contributed by atoms with Crippen LogP contribution in [-0.4, -0.2) is 10.9 Å². The van der Waals surface area contributed by atoms with Gasteiger partial charge in [0.15, 0.2) is 6.29 Å². The molecule has 0 aliphatic heterocycles. The summed E-state index contributed by atoms with van der Waals surface area (Å²) in [5.41, 5.74) is 0.818. The molecular formula is C11H15NO. The lowest BCUT2D eigenvalue weighted by molar-refractivity contribution is 0.111. The van der Waals surface area contributed by atoms with Crippen LogP contribution < -0.4 is 0 Å². The third-order valence-corrected chi connectivity index (χ3v) is 3.11. The fraction of sp³-hybridized carbons (Fsp3) is 0.545. The van der Waals surface area contributed by atoms with E-state index in [4.69, 9.17) is 0 Å². The number of nitrogens with zero attached hydrogens (tertiary/aromatic N) is 1. The van der Waals surface area contributed by atoms with E-state index in [1.165, 1.54) is 19.3 Å². The van der Waals surface area contributed by atoms with Crippen molar-refractivity contribution in [3.8, 4) is 0 Å². The summed E-state index contributed by atoms with van der Waals surface area (Å²) in [5.74, 6) is 0.714. The van der Waals surface area contributed by atoms with Crippen LogP contribution in [0.2, 0.25) is 0 Å². The molecule has 0 spiro atoms. The Bertz CT molecular complexity index is 303. The Morgan fingerprint density at radius 3 is 3.00 bits per heavy atom. The summed E-state index contributed by atoms with van der Waals surface area (Å²) < 4.78 is 2.13. The predicted octanol–water partition coefficient (Wildman–Crippen LogP) is 2.66. The van der Waals surface area contributed by atoms with Crippen molar-refractivity contribution in [2.24, 2.45) is 5.92 Å². The van der Waals surface area contributed by atoms with Gasteiger partial charge in [-0.3, -0.25) is 4.79 Å². The minimum absolute atomic E-state index is 0.551. The molecule has 2 heteroatoms. The molecule has 1 aliphatic carbocycles. The Kier molecular flexibility index (Phi) is 2.21. The highest BCUT2D eigenvalue weighted by molar-refractivity contribution is 5.72. The average Bonchev–Trinajstić information content (AvgIpc) is 2.71. The van der Waals surface area contributed by atoms with Gasteiger partial charge in [0.05, 0.1) is 5.69 Å². The zero-order valence-electron chi connectivity index (χ0n) is 7.94. The first-order valence-electron chi connectivity index (χ1n) is 4.95. The molecule has 0 amide bonds. The van der Waals surface area contributed by atoms with Crippen LogP contribution in [0.15, 0.2) is 18.3 Å². The normalized spacial score (nSPS) is 27.8. The fourth-order valence-electron chi connectivity index (χ4n) is 2.35. The summed E-state index contributed by atoms with van der Waals surface area (Å²) in [5, 5.41) is 0. The number of carbonyl (C=O) groups excluding carboxylic acids is 1. The Morgan fingerprint density at radius 2 is 2.38 bits per heavy atom. The van der Waals surface area contributed by atoms with Gasteiger partial charge in [-0.25, -0.2) is 0 Å². The van der Waals surface area contributed by atoms with E-state index >= 15 is 0 Å². The van der Waals surface area contributed by atoms with Gasteiger partial charge in [-0.1, -0.05) is 13.3 Å². The molecular weight excluding hydrogens is 162 g/mol. The minimum Gasteiger partial charge on any atom is -0.342 e. The van der Waals surface area contributed by atoms with Crippen LogP contribution in [-0.2, 0) is 0 Å². The van der Waals surface area contributed by atoms with Gasteiger partial charge in [0.2, 0.25) is 0 Å². The van der Waals surface area contributed by atoms with Gasteiger partial charge < -0.3 is 4.57 Å². The molecule has 2 atom stereocenters. The summed E-state index contributed by atoms with van der Waals surface area (Å²) in [6.07, 6.45) is 6.78. The minimum atomic E-state index is 0.551. The number of aromatic nitrogens is 1. The lowest BCUT2D eigenvalue weighted by atomic mass is 10.1. The lowest BCUT2D eigenvalue weighted by Gasteiger charge is -2.18. The van der Waals surface area contributed by atoms with Crippen LogP contribution in [0, 0.1) is 5.92 Å². The number of aldehydes is 1. The summed E-state index contributed by atoms with van der Waals surface area (Å²) in [6, 6.07) is 4.39. The number of rotatable bonds is 2. The molecule has 1 aromatic rings. The summed E-state index contributed by atoms with van der Waals surface area (Å²) in [4.78, 5) is 10.7. The third-order valence-electron chi connectivity index (χ3n) is 3.11. The topological polar surface area (TPSA) is 22.0 Å². The maximum Gasteiger partial charge on any atom is 0.166 e. The summed E-state index contributed by atoms with van der Waals surface area (Å²) >= 11 is 0. The van der Waals surface area contributed by atoms with Gasteiger partial charge in [0, 0.05) is 12.2 Å². The Labute approximate surface area is 78.6 Å². The van der Waals surface area contributed by atoms with Crippen LogP contribution in [0.5, 0.6) is 0 Å². The monoisotopic (exact) mass is 177 g/mol. The van der Waals surface area contributed by atoms with E-state index in [0.717, 1.165) is 12.0 Å². The number of carbonyl (C=O) groups is 1. The van der Waals surface area contributed by atoms with Crippen molar-refractivity contribution in [2.45, 2.75) is 32.2 Å². The maximum absolute atomic E-state index is 10.7. The summed E-state index contributed by atoms with van der Waals surface area (Å²) in [6.45, 7) is 2.27. The van der Waals surface area contributed by atoms with Crippen molar-refractivity contribution in [3.63, 3.8) is 0 Å². The van der Waals surface area contributed by atoms with E-state index in [1.54, 1.807) is 0 Å². The van der Waals surface area contributed by atoms with Gasteiger partial charge in [0.25, 0.3) is 0 Å². The molecule has 13 heavy (non-hydrogen) atoms. The van der Waals surface area contributed by atoms with E-state index in [1.807, 2.05) is 18.3 Å². The highest BCUT2D eigenvalue weighted by Crippen LogP contribution is 2.35. The van der Waals surface area contributed by atoms with E-state index in [2.05, 4.69) is 11.5 Å². The van der Waals surface area contributed by atoms with E-state index < -0.39 is 0 Å². The van der Waals surface area contributed by atoms with Crippen LogP contribution in [0.4, 0.5) is 0 Å².